The molecule has 3 rings (SSSR count). The molecule has 0 saturated carbocycles. The molecule has 0 spiro atoms. The minimum Gasteiger partial charge on any atom is -0.494 e. The molecule has 0 fully saturated rings. The second-order valence-corrected chi connectivity index (χ2v) is 6.16. The van der Waals surface area contributed by atoms with Crippen LogP contribution in [0.4, 0.5) is 4.39 Å². The van der Waals surface area contributed by atoms with Gasteiger partial charge < -0.3 is 14.1 Å². The Morgan fingerprint density at radius 1 is 1.19 bits per heavy atom. The van der Waals surface area contributed by atoms with E-state index in [1.807, 2.05) is 18.2 Å². The van der Waals surface area contributed by atoms with Crippen molar-refractivity contribution in [2.45, 2.75) is 25.9 Å². The van der Waals surface area contributed by atoms with Crippen LogP contribution in [0.3, 0.4) is 0 Å². The van der Waals surface area contributed by atoms with Gasteiger partial charge in [-0.05, 0) is 47.9 Å². The lowest BCUT2D eigenvalue weighted by Crippen LogP contribution is -2.30. The van der Waals surface area contributed by atoms with Gasteiger partial charge in [-0.2, -0.15) is 0 Å². The molecule has 3 aromatic rings. The lowest BCUT2D eigenvalue weighted by atomic mass is 10.1. The lowest BCUT2D eigenvalue weighted by molar-refractivity contribution is -0.132. The maximum absolute atomic E-state index is 13.8. The summed E-state index contributed by atoms with van der Waals surface area (Å²) in [4.78, 5) is 18.6. The van der Waals surface area contributed by atoms with E-state index in [0.717, 1.165) is 11.1 Å². The number of aromatic nitrogens is 1. The number of amides is 1. The van der Waals surface area contributed by atoms with Gasteiger partial charge in [0.25, 0.3) is 0 Å². The normalized spacial score (nSPS) is 10.6. The average Bonchev–Trinajstić information content (AvgIpc) is 3.19. The highest BCUT2D eigenvalue weighted by Crippen LogP contribution is 2.19. The number of rotatable bonds is 8. The number of benzene rings is 1. The molecule has 0 N–H and O–H groups in total. The molecule has 0 radical (unpaired) electrons. The summed E-state index contributed by atoms with van der Waals surface area (Å²) in [7, 11) is 1.42. The zero-order chi connectivity index (χ0) is 19.1. The molecule has 6 heteroatoms. The smallest absolute Gasteiger partial charge is 0.223 e. The van der Waals surface area contributed by atoms with Crippen molar-refractivity contribution in [2.24, 2.45) is 0 Å². The first-order chi connectivity index (χ1) is 13.2. The summed E-state index contributed by atoms with van der Waals surface area (Å²) >= 11 is 0. The average molecular weight is 368 g/mol. The van der Waals surface area contributed by atoms with Crippen LogP contribution in [0.1, 0.15) is 23.3 Å². The van der Waals surface area contributed by atoms with Crippen LogP contribution in [0.15, 0.2) is 65.5 Å². The third kappa shape index (κ3) is 5.17. The fourth-order valence-electron chi connectivity index (χ4n) is 2.81. The van der Waals surface area contributed by atoms with Crippen LogP contribution in [0.5, 0.6) is 5.75 Å². The van der Waals surface area contributed by atoms with E-state index in [1.54, 1.807) is 41.8 Å². The van der Waals surface area contributed by atoms with Crippen molar-refractivity contribution in [1.82, 2.24) is 9.88 Å². The second-order valence-electron chi connectivity index (χ2n) is 6.16. The van der Waals surface area contributed by atoms with E-state index in [-0.39, 0.29) is 18.1 Å². The Hall–Kier alpha value is -3.15. The molecule has 0 saturated heterocycles. The van der Waals surface area contributed by atoms with Gasteiger partial charge in [-0.3, -0.25) is 9.78 Å². The maximum Gasteiger partial charge on any atom is 0.223 e. The zero-order valence-corrected chi connectivity index (χ0v) is 15.1. The molecule has 0 unspecified atom stereocenters. The summed E-state index contributed by atoms with van der Waals surface area (Å²) in [5, 5.41) is 0. The molecule has 2 heterocycles. The Bertz CT molecular complexity index is 866. The summed E-state index contributed by atoms with van der Waals surface area (Å²) in [5.74, 6) is 0.445. The minimum atomic E-state index is -0.426. The van der Waals surface area contributed by atoms with Crippen molar-refractivity contribution in [2.75, 3.05) is 7.11 Å². The number of nitrogens with zero attached hydrogens (tertiary/aromatic N) is 2. The van der Waals surface area contributed by atoms with Crippen molar-refractivity contribution in [3.8, 4) is 5.75 Å². The fourth-order valence-corrected chi connectivity index (χ4v) is 2.81. The molecule has 2 aromatic heterocycles. The molecular weight excluding hydrogens is 347 g/mol. The number of hydrogen-bond acceptors (Lipinski definition) is 4. The van der Waals surface area contributed by atoms with Crippen LogP contribution in [-0.4, -0.2) is 22.9 Å². The van der Waals surface area contributed by atoms with E-state index in [9.17, 15) is 9.18 Å². The van der Waals surface area contributed by atoms with Gasteiger partial charge in [0.05, 0.1) is 19.9 Å². The number of carbonyl (C=O) groups excluding carboxylic acids is 1. The topological polar surface area (TPSA) is 55.6 Å². The highest BCUT2D eigenvalue weighted by atomic mass is 19.1. The zero-order valence-electron chi connectivity index (χ0n) is 15.1. The highest BCUT2D eigenvalue weighted by Gasteiger charge is 2.16. The summed E-state index contributed by atoms with van der Waals surface area (Å²) in [6.45, 7) is 0.808. The van der Waals surface area contributed by atoms with E-state index in [4.69, 9.17) is 9.15 Å². The predicted octanol–water partition coefficient (Wildman–Crippen LogP) is 3.98. The van der Waals surface area contributed by atoms with Crippen molar-refractivity contribution in [1.29, 1.82) is 0 Å². The largest absolute Gasteiger partial charge is 0.494 e. The number of furan rings is 1. The van der Waals surface area contributed by atoms with Crippen molar-refractivity contribution >= 4 is 5.91 Å². The number of aryl methyl sites for hydroxylation is 1. The van der Waals surface area contributed by atoms with Gasteiger partial charge in [0, 0.05) is 25.4 Å². The minimum absolute atomic E-state index is 0.0357. The Labute approximate surface area is 157 Å². The molecular formula is C21H21FN2O3. The van der Waals surface area contributed by atoms with E-state index in [1.165, 1.54) is 13.2 Å². The van der Waals surface area contributed by atoms with Gasteiger partial charge in [-0.25, -0.2) is 4.39 Å². The van der Waals surface area contributed by atoms with E-state index < -0.39 is 5.82 Å². The number of methoxy groups -OCH3 is 1. The molecule has 5 nitrogen and oxygen atoms in total. The molecule has 0 aliphatic rings. The van der Waals surface area contributed by atoms with Crippen LogP contribution in [0.2, 0.25) is 0 Å². The first kappa shape index (κ1) is 18.6. The molecule has 1 amide bonds. The van der Waals surface area contributed by atoms with Crippen molar-refractivity contribution < 1.29 is 18.3 Å². The SMILES string of the molecule is COc1ccc(CCC(=O)N(Cc2cccnc2)Cc2ccco2)cc1F. The second kappa shape index (κ2) is 8.98. The van der Waals surface area contributed by atoms with Crippen molar-refractivity contribution in [3.63, 3.8) is 0 Å². The Morgan fingerprint density at radius 3 is 2.74 bits per heavy atom. The van der Waals surface area contributed by atoms with E-state index in [2.05, 4.69) is 4.98 Å². The molecule has 0 bridgehead atoms. The van der Waals surface area contributed by atoms with Gasteiger partial charge in [0.2, 0.25) is 5.91 Å². The summed E-state index contributed by atoms with van der Waals surface area (Å²) < 4.78 is 24.1. The number of hydrogen-bond donors (Lipinski definition) is 0. The number of carbonyl (C=O) groups is 1. The summed E-state index contributed by atoms with van der Waals surface area (Å²) in [6, 6.07) is 12.1. The van der Waals surface area contributed by atoms with Crippen LogP contribution >= 0.6 is 0 Å². The van der Waals surface area contributed by atoms with Crippen LogP contribution in [-0.2, 0) is 24.3 Å². The molecule has 27 heavy (non-hydrogen) atoms. The van der Waals surface area contributed by atoms with Gasteiger partial charge in [-0.15, -0.1) is 0 Å². The summed E-state index contributed by atoms with van der Waals surface area (Å²) in [6.07, 6.45) is 5.73. The quantitative estimate of drug-likeness (QED) is 0.603. The van der Waals surface area contributed by atoms with Gasteiger partial charge in [-0.1, -0.05) is 12.1 Å². The van der Waals surface area contributed by atoms with Crippen molar-refractivity contribution in [3.05, 3.63) is 83.8 Å². The van der Waals surface area contributed by atoms with Gasteiger partial charge in [0.15, 0.2) is 11.6 Å². The molecule has 1 aromatic carbocycles. The highest BCUT2D eigenvalue weighted by molar-refractivity contribution is 5.76. The first-order valence-electron chi connectivity index (χ1n) is 8.67. The molecule has 0 aliphatic heterocycles. The fraction of sp³-hybridized carbons (Fsp3) is 0.238. The van der Waals surface area contributed by atoms with Crippen LogP contribution in [0.25, 0.3) is 0 Å². The molecule has 140 valence electrons. The third-order valence-corrected chi connectivity index (χ3v) is 4.22. The first-order valence-corrected chi connectivity index (χ1v) is 8.67. The van der Waals surface area contributed by atoms with Crippen LogP contribution < -0.4 is 4.74 Å². The molecule has 0 atom stereocenters. The molecule has 0 aliphatic carbocycles. The number of halogens is 1. The Kier molecular flexibility index (Phi) is 6.20. The monoisotopic (exact) mass is 368 g/mol. The van der Waals surface area contributed by atoms with Crippen LogP contribution in [0, 0.1) is 5.82 Å². The van der Waals surface area contributed by atoms with Gasteiger partial charge >= 0.3 is 0 Å². The Balaban J connectivity index is 1.67. The Morgan fingerprint density at radius 2 is 2.07 bits per heavy atom. The number of pyridine rings is 1. The van der Waals surface area contributed by atoms with E-state index in [0.29, 0.717) is 25.3 Å². The summed E-state index contributed by atoms with van der Waals surface area (Å²) in [5.41, 5.74) is 1.69. The predicted molar refractivity (Wildman–Crippen MR) is 98.5 cm³/mol. The lowest BCUT2D eigenvalue weighted by Gasteiger charge is -2.22. The number of ether oxygens (including phenoxy) is 1. The van der Waals surface area contributed by atoms with E-state index >= 15 is 0 Å². The third-order valence-electron chi connectivity index (χ3n) is 4.22. The standard InChI is InChI=1S/C21H21FN2O3/c1-26-20-8-6-16(12-19(20)22)7-9-21(25)24(15-18-5-3-11-27-18)14-17-4-2-10-23-13-17/h2-6,8,10-13H,7,9,14-15H2,1H3. The maximum atomic E-state index is 13.8. The van der Waals surface area contributed by atoms with Gasteiger partial charge in [0.1, 0.15) is 5.76 Å².